The van der Waals surface area contributed by atoms with Gasteiger partial charge in [-0.15, -0.1) is 5.10 Å². The molecule has 0 bridgehead atoms. The number of nitrogens with one attached hydrogen (secondary N) is 1. The van der Waals surface area contributed by atoms with Crippen molar-refractivity contribution < 1.29 is 14.3 Å². The van der Waals surface area contributed by atoms with Gasteiger partial charge in [0.1, 0.15) is 17.4 Å². The maximum atomic E-state index is 11.6. The van der Waals surface area contributed by atoms with E-state index in [0.29, 0.717) is 22.9 Å². The lowest BCUT2D eigenvalue weighted by molar-refractivity contribution is -0.123. The Morgan fingerprint density at radius 3 is 2.92 bits per heavy atom. The molecule has 0 radical (unpaired) electrons. The van der Waals surface area contributed by atoms with Gasteiger partial charge < -0.3 is 14.8 Å². The van der Waals surface area contributed by atoms with Crippen molar-refractivity contribution in [3.63, 3.8) is 0 Å². The van der Waals surface area contributed by atoms with Crippen molar-refractivity contribution in [3.8, 4) is 11.5 Å². The number of aromatic nitrogens is 3. The SMILES string of the molecule is CC(O)C(=O)Nc1ccc2ncc(-c3cc4ccccc4o3)n2n1. The zero-order chi connectivity index (χ0) is 16.7. The van der Waals surface area contributed by atoms with Crippen LogP contribution in [0.2, 0.25) is 0 Å². The maximum absolute atomic E-state index is 11.6. The van der Waals surface area contributed by atoms with Gasteiger partial charge in [0, 0.05) is 5.39 Å². The lowest BCUT2D eigenvalue weighted by Crippen LogP contribution is -2.25. The smallest absolute Gasteiger partial charge is 0.254 e. The molecular formula is C17H14N4O3. The van der Waals surface area contributed by atoms with Crippen molar-refractivity contribution in [3.05, 3.63) is 48.7 Å². The predicted octanol–water partition coefficient (Wildman–Crippen LogP) is 2.46. The molecule has 4 rings (SSSR count). The Kier molecular flexibility index (Phi) is 3.28. The second-order valence-corrected chi connectivity index (χ2v) is 5.45. The van der Waals surface area contributed by atoms with Gasteiger partial charge in [-0.1, -0.05) is 18.2 Å². The average Bonchev–Trinajstić information content (AvgIpc) is 3.17. The van der Waals surface area contributed by atoms with E-state index in [1.54, 1.807) is 22.8 Å². The summed E-state index contributed by atoms with van der Waals surface area (Å²) >= 11 is 0. The molecule has 3 heterocycles. The topological polar surface area (TPSA) is 92.7 Å². The number of hydrogen-bond donors (Lipinski definition) is 2. The molecule has 0 aliphatic rings. The number of rotatable bonds is 3. The van der Waals surface area contributed by atoms with Crippen LogP contribution in [0.1, 0.15) is 6.92 Å². The Morgan fingerprint density at radius 2 is 2.12 bits per heavy atom. The molecule has 1 aromatic carbocycles. The molecule has 0 spiro atoms. The summed E-state index contributed by atoms with van der Waals surface area (Å²) in [4.78, 5) is 15.9. The highest BCUT2D eigenvalue weighted by molar-refractivity contribution is 5.92. The number of carbonyl (C=O) groups excluding carboxylic acids is 1. The Hall–Kier alpha value is -3.19. The monoisotopic (exact) mass is 322 g/mol. The van der Waals surface area contributed by atoms with Crippen LogP contribution in [-0.2, 0) is 4.79 Å². The molecule has 0 aliphatic carbocycles. The standard InChI is InChI=1S/C17H14N4O3/c1-10(22)17(23)19-15-6-7-16-18-9-12(21(16)20-15)14-8-11-4-2-3-5-13(11)24-14/h2-10,22H,1H3,(H,19,20,23). The third-order valence-corrected chi connectivity index (χ3v) is 3.67. The normalized spacial score (nSPS) is 12.6. The first kappa shape index (κ1) is 14.4. The average molecular weight is 322 g/mol. The molecule has 4 aromatic rings. The largest absolute Gasteiger partial charge is 0.454 e. The van der Waals surface area contributed by atoms with E-state index in [0.717, 1.165) is 11.0 Å². The van der Waals surface area contributed by atoms with E-state index in [9.17, 15) is 9.90 Å². The molecule has 0 aliphatic heterocycles. The van der Waals surface area contributed by atoms with Gasteiger partial charge in [0.15, 0.2) is 17.2 Å². The van der Waals surface area contributed by atoms with Crippen molar-refractivity contribution in [2.24, 2.45) is 0 Å². The van der Waals surface area contributed by atoms with E-state index in [2.05, 4.69) is 15.4 Å². The minimum absolute atomic E-state index is 0.323. The number of hydrogen-bond acceptors (Lipinski definition) is 5. The van der Waals surface area contributed by atoms with Crippen LogP contribution in [0.3, 0.4) is 0 Å². The van der Waals surface area contributed by atoms with Gasteiger partial charge in [-0.2, -0.15) is 0 Å². The number of amides is 1. The number of carbonyl (C=O) groups is 1. The first-order valence-corrected chi connectivity index (χ1v) is 7.44. The molecule has 0 saturated heterocycles. The van der Waals surface area contributed by atoms with Gasteiger partial charge in [-0.3, -0.25) is 4.79 Å². The molecule has 7 nitrogen and oxygen atoms in total. The van der Waals surface area contributed by atoms with E-state index in [1.807, 2.05) is 30.3 Å². The molecule has 1 atom stereocenters. The molecule has 1 unspecified atom stereocenters. The van der Waals surface area contributed by atoms with Crippen LogP contribution < -0.4 is 5.32 Å². The third kappa shape index (κ3) is 2.40. The van der Waals surface area contributed by atoms with Crippen molar-refractivity contribution in [2.45, 2.75) is 13.0 Å². The molecule has 24 heavy (non-hydrogen) atoms. The van der Waals surface area contributed by atoms with Crippen molar-refractivity contribution in [2.75, 3.05) is 5.32 Å². The van der Waals surface area contributed by atoms with Gasteiger partial charge in [0.25, 0.3) is 5.91 Å². The number of fused-ring (bicyclic) bond motifs is 2. The minimum atomic E-state index is -1.11. The van der Waals surface area contributed by atoms with Gasteiger partial charge in [0.05, 0.1) is 6.20 Å². The Labute approximate surface area is 136 Å². The van der Waals surface area contributed by atoms with Crippen molar-refractivity contribution in [1.29, 1.82) is 0 Å². The molecule has 7 heteroatoms. The zero-order valence-electron chi connectivity index (χ0n) is 12.8. The molecule has 2 N–H and O–H groups in total. The van der Waals surface area contributed by atoms with Crippen LogP contribution in [0, 0.1) is 0 Å². The summed E-state index contributed by atoms with van der Waals surface area (Å²) in [5, 5.41) is 17.2. The van der Waals surface area contributed by atoms with E-state index in [1.165, 1.54) is 6.92 Å². The summed E-state index contributed by atoms with van der Waals surface area (Å²) < 4.78 is 7.44. The Morgan fingerprint density at radius 1 is 1.29 bits per heavy atom. The molecule has 0 fully saturated rings. The van der Waals surface area contributed by atoms with Gasteiger partial charge in [-0.25, -0.2) is 9.50 Å². The number of anilines is 1. The summed E-state index contributed by atoms with van der Waals surface area (Å²) in [5.74, 6) is 0.436. The highest BCUT2D eigenvalue weighted by Gasteiger charge is 2.14. The van der Waals surface area contributed by atoms with Crippen LogP contribution in [0.15, 0.2) is 53.1 Å². The summed E-state index contributed by atoms with van der Waals surface area (Å²) in [6, 6.07) is 13.0. The first-order chi connectivity index (χ1) is 11.6. The number of nitrogens with zero attached hydrogens (tertiary/aromatic N) is 3. The number of para-hydroxylation sites is 1. The van der Waals surface area contributed by atoms with E-state index in [-0.39, 0.29) is 0 Å². The number of benzene rings is 1. The lowest BCUT2D eigenvalue weighted by atomic mass is 10.2. The van der Waals surface area contributed by atoms with Crippen LogP contribution in [0.4, 0.5) is 5.82 Å². The fourth-order valence-corrected chi connectivity index (χ4v) is 2.45. The summed E-state index contributed by atoms with van der Waals surface area (Å²) in [5.41, 5.74) is 2.08. The molecule has 1 amide bonds. The summed E-state index contributed by atoms with van der Waals surface area (Å²) in [7, 11) is 0. The number of furan rings is 1. The van der Waals surface area contributed by atoms with E-state index >= 15 is 0 Å². The fourth-order valence-electron chi connectivity index (χ4n) is 2.45. The summed E-state index contributed by atoms with van der Waals surface area (Å²) in [6.45, 7) is 1.39. The van der Waals surface area contributed by atoms with Crippen LogP contribution in [-0.4, -0.2) is 31.7 Å². The lowest BCUT2D eigenvalue weighted by Gasteiger charge is -2.06. The van der Waals surface area contributed by atoms with Crippen LogP contribution in [0.25, 0.3) is 28.1 Å². The van der Waals surface area contributed by atoms with Crippen molar-refractivity contribution >= 4 is 28.3 Å². The maximum Gasteiger partial charge on any atom is 0.254 e. The van der Waals surface area contributed by atoms with Crippen LogP contribution in [0.5, 0.6) is 0 Å². The molecule has 120 valence electrons. The molecular weight excluding hydrogens is 308 g/mol. The quantitative estimate of drug-likeness (QED) is 0.604. The zero-order valence-corrected chi connectivity index (χ0v) is 12.8. The highest BCUT2D eigenvalue weighted by Crippen LogP contribution is 2.28. The second kappa shape index (κ2) is 5.47. The molecule has 3 aromatic heterocycles. The minimum Gasteiger partial charge on any atom is -0.454 e. The third-order valence-electron chi connectivity index (χ3n) is 3.67. The number of aliphatic hydroxyl groups excluding tert-OH is 1. The first-order valence-electron chi connectivity index (χ1n) is 7.44. The molecule has 0 saturated carbocycles. The Balaban J connectivity index is 1.79. The van der Waals surface area contributed by atoms with Crippen molar-refractivity contribution in [1.82, 2.24) is 14.6 Å². The van der Waals surface area contributed by atoms with E-state index in [4.69, 9.17) is 4.42 Å². The van der Waals surface area contributed by atoms with Crippen LogP contribution >= 0.6 is 0 Å². The summed E-state index contributed by atoms with van der Waals surface area (Å²) in [6.07, 6.45) is 0.556. The van der Waals surface area contributed by atoms with Gasteiger partial charge in [-0.05, 0) is 31.2 Å². The second-order valence-electron chi connectivity index (χ2n) is 5.45. The van der Waals surface area contributed by atoms with E-state index < -0.39 is 12.0 Å². The Bertz CT molecular complexity index is 1020. The number of imidazole rings is 1. The number of aliphatic hydroxyl groups is 1. The fraction of sp³-hybridized carbons (Fsp3) is 0.118. The predicted molar refractivity (Wildman–Crippen MR) is 88.5 cm³/mol. The highest BCUT2D eigenvalue weighted by atomic mass is 16.3. The van der Waals surface area contributed by atoms with Gasteiger partial charge >= 0.3 is 0 Å². The van der Waals surface area contributed by atoms with Gasteiger partial charge in [0.2, 0.25) is 0 Å².